The third kappa shape index (κ3) is 4.43. The first-order valence-corrected chi connectivity index (χ1v) is 10.3. The number of halogens is 1. The molecule has 0 radical (unpaired) electrons. The maximum Gasteiger partial charge on any atom is 0.256 e. The van der Waals surface area contributed by atoms with Crippen LogP contribution in [0.1, 0.15) is 23.2 Å². The highest BCUT2D eigenvalue weighted by Gasteiger charge is 2.21. The molecule has 158 valence electrons. The molecule has 1 saturated heterocycles. The lowest BCUT2D eigenvalue weighted by molar-refractivity contribution is -0.131. The van der Waals surface area contributed by atoms with E-state index in [9.17, 15) is 14.0 Å². The Hall–Kier alpha value is -3.66. The number of aryl methyl sites for hydroxylation is 2. The van der Waals surface area contributed by atoms with Gasteiger partial charge in [0.25, 0.3) is 5.56 Å². The quantitative estimate of drug-likeness (QED) is 0.706. The van der Waals surface area contributed by atoms with Crippen LogP contribution >= 0.6 is 0 Å². The van der Waals surface area contributed by atoms with E-state index in [0.29, 0.717) is 53.5 Å². The highest BCUT2D eigenvalue weighted by molar-refractivity contribution is 5.85. The van der Waals surface area contributed by atoms with Gasteiger partial charge < -0.3 is 14.8 Å². The van der Waals surface area contributed by atoms with E-state index >= 15 is 0 Å². The number of hydrogen-bond acceptors (Lipinski definition) is 4. The SMILES string of the molecule is Cc1cc(F)cc2c(=O)[nH]c(CCC(=O)N3CCN(c4ccc(C#N)cc4)CC3)cc12. The van der Waals surface area contributed by atoms with E-state index in [1.165, 1.54) is 12.1 Å². The van der Waals surface area contributed by atoms with Gasteiger partial charge in [-0.2, -0.15) is 5.26 Å². The largest absolute Gasteiger partial charge is 0.368 e. The summed E-state index contributed by atoms with van der Waals surface area (Å²) in [5, 5.41) is 9.95. The molecule has 2 aromatic carbocycles. The van der Waals surface area contributed by atoms with Crippen LogP contribution in [0, 0.1) is 24.1 Å². The van der Waals surface area contributed by atoms with Crippen LogP contribution in [0.3, 0.4) is 0 Å². The van der Waals surface area contributed by atoms with E-state index in [-0.39, 0.29) is 11.5 Å². The van der Waals surface area contributed by atoms with Crippen LogP contribution in [0.5, 0.6) is 0 Å². The van der Waals surface area contributed by atoms with Crippen LogP contribution in [0.2, 0.25) is 0 Å². The molecule has 0 aliphatic carbocycles. The smallest absolute Gasteiger partial charge is 0.256 e. The van der Waals surface area contributed by atoms with Crippen molar-refractivity contribution in [2.45, 2.75) is 19.8 Å². The highest BCUT2D eigenvalue weighted by atomic mass is 19.1. The van der Waals surface area contributed by atoms with Gasteiger partial charge in [0.1, 0.15) is 5.82 Å². The Kier molecular flexibility index (Phi) is 5.72. The van der Waals surface area contributed by atoms with Gasteiger partial charge in [-0.25, -0.2) is 4.39 Å². The predicted octanol–water partition coefficient (Wildman–Crippen LogP) is 3.13. The number of carbonyl (C=O) groups is 1. The molecule has 7 heteroatoms. The molecule has 0 bridgehead atoms. The maximum absolute atomic E-state index is 13.6. The summed E-state index contributed by atoms with van der Waals surface area (Å²) >= 11 is 0. The van der Waals surface area contributed by atoms with Gasteiger partial charge >= 0.3 is 0 Å². The summed E-state index contributed by atoms with van der Waals surface area (Å²) in [6, 6.07) is 14.1. The molecule has 6 nitrogen and oxygen atoms in total. The van der Waals surface area contributed by atoms with Gasteiger partial charge in [0.05, 0.1) is 17.0 Å². The van der Waals surface area contributed by atoms with Crippen molar-refractivity contribution >= 4 is 22.4 Å². The first kappa shape index (κ1) is 20.6. The van der Waals surface area contributed by atoms with Gasteiger partial charge in [-0.15, -0.1) is 0 Å². The van der Waals surface area contributed by atoms with Gasteiger partial charge in [0.2, 0.25) is 5.91 Å². The highest BCUT2D eigenvalue weighted by Crippen LogP contribution is 2.20. The molecule has 1 aromatic heterocycles. The monoisotopic (exact) mass is 418 g/mol. The molecule has 1 fully saturated rings. The lowest BCUT2D eigenvalue weighted by atomic mass is 10.0. The van der Waals surface area contributed by atoms with Crippen LogP contribution in [0.4, 0.5) is 10.1 Å². The molecule has 1 N–H and O–H groups in total. The number of aromatic amines is 1. The number of fused-ring (bicyclic) bond motifs is 1. The summed E-state index contributed by atoms with van der Waals surface area (Å²) in [5.41, 5.74) is 2.72. The van der Waals surface area contributed by atoms with E-state index in [1.807, 2.05) is 23.1 Å². The lowest BCUT2D eigenvalue weighted by Crippen LogP contribution is -2.48. The number of nitrogens with one attached hydrogen (secondary N) is 1. The molecule has 0 spiro atoms. The zero-order chi connectivity index (χ0) is 22.0. The Morgan fingerprint density at radius 2 is 1.81 bits per heavy atom. The molecule has 31 heavy (non-hydrogen) atoms. The number of piperazine rings is 1. The third-order valence-electron chi connectivity index (χ3n) is 5.79. The standard InChI is InChI=1S/C24H23FN4O2/c1-16-12-18(25)13-22-21(16)14-19(27-24(22)31)4-7-23(30)29-10-8-28(9-11-29)20-5-2-17(15-26)3-6-20/h2-3,5-6,12-14H,4,7-11H2,1H3,(H,27,31). The van der Waals surface area contributed by atoms with Crippen LogP contribution in [0.25, 0.3) is 10.8 Å². The number of nitrogens with zero attached hydrogens (tertiary/aromatic N) is 3. The van der Waals surface area contributed by atoms with Crippen molar-refractivity contribution in [1.82, 2.24) is 9.88 Å². The minimum Gasteiger partial charge on any atom is -0.368 e. The zero-order valence-corrected chi connectivity index (χ0v) is 17.3. The number of benzene rings is 2. The van der Waals surface area contributed by atoms with Gasteiger partial charge in [0.15, 0.2) is 0 Å². The molecule has 0 atom stereocenters. The van der Waals surface area contributed by atoms with Crippen molar-refractivity contribution in [3.63, 3.8) is 0 Å². The summed E-state index contributed by atoms with van der Waals surface area (Å²) in [6.45, 7) is 4.49. The number of hydrogen-bond donors (Lipinski definition) is 1. The predicted molar refractivity (Wildman–Crippen MR) is 118 cm³/mol. The number of aromatic nitrogens is 1. The summed E-state index contributed by atoms with van der Waals surface area (Å²) in [5.74, 6) is -0.380. The normalized spacial score (nSPS) is 14.0. The first-order chi connectivity index (χ1) is 14.9. The van der Waals surface area contributed by atoms with Crippen molar-refractivity contribution in [2.75, 3.05) is 31.1 Å². The molecular weight excluding hydrogens is 395 g/mol. The van der Waals surface area contributed by atoms with E-state index in [4.69, 9.17) is 5.26 Å². The molecule has 4 rings (SSSR count). The fourth-order valence-electron chi connectivity index (χ4n) is 4.05. The number of amides is 1. The van der Waals surface area contributed by atoms with Crippen LogP contribution in [-0.2, 0) is 11.2 Å². The number of anilines is 1. The Balaban J connectivity index is 1.36. The summed E-state index contributed by atoms with van der Waals surface area (Å²) in [7, 11) is 0. The van der Waals surface area contributed by atoms with Crippen molar-refractivity contribution < 1.29 is 9.18 Å². The topological polar surface area (TPSA) is 80.2 Å². The molecule has 1 amide bonds. The third-order valence-corrected chi connectivity index (χ3v) is 5.79. The number of carbonyl (C=O) groups excluding carboxylic acids is 1. The van der Waals surface area contributed by atoms with Crippen LogP contribution in [0.15, 0.2) is 47.3 Å². The fourth-order valence-corrected chi connectivity index (χ4v) is 4.05. The Morgan fingerprint density at radius 3 is 2.48 bits per heavy atom. The fraction of sp³-hybridized carbons (Fsp3) is 0.292. The number of nitriles is 1. The molecule has 3 aromatic rings. The number of pyridine rings is 1. The van der Waals surface area contributed by atoms with Crippen LogP contribution < -0.4 is 10.5 Å². The first-order valence-electron chi connectivity index (χ1n) is 10.3. The number of rotatable bonds is 4. The van der Waals surface area contributed by atoms with Crippen molar-refractivity contribution in [1.29, 1.82) is 5.26 Å². The minimum absolute atomic E-state index is 0.0521. The van der Waals surface area contributed by atoms with E-state index < -0.39 is 5.82 Å². The van der Waals surface area contributed by atoms with Gasteiger partial charge in [0, 0.05) is 44.0 Å². The van der Waals surface area contributed by atoms with Crippen molar-refractivity contribution in [2.24, 2.45) is 0 Å². The van der Waals surface area contributed by atoms with Gasteiger partial charge in [-0.3, -0.25) is 9.59 Å². The summed E-state index contributed by atoms with van der Waals surface area (Å²) in [6.07, 6.45) is 0.731. The van der Waals surface area contributed by atoms with Crippen molar-refractivity contribution in [3.8, 4) is 6.07 Å². The van der Waals surface area contributed by atoms with E-state index in [1.54, 1.807) is 19.1 Å². The van der Waals surface area contributed by atoms with E-state index in [0.717, 1.165) is 18.8 Å². The molecular formula is C24H23FN4O2. The molecule has 1 aliphatic heterocycles. The van der Waals surface area contributed by atoms with Gasteiger partial charge in [-0.05, 0) is 66.8 Å². The van der Waals surface area contributed by atoms with E-state index in [2.05, 4.69) is 16.0 Å². The second kappa shape index (κ2) is 8.60. The average molecular weight is 418 g/mol. The Labute approximate surface area is 179 Å². The van der Waals surface area contributed by atoms with Crippen molar-refractivity contribution in [3.05, 3.63) is 75.5 Å². The number of H-pyrrole nitrogens is 1. The molecule has 0 unspecified atom stereocenters. The van der Waals surface area contributed by atoms with Gasteiger partial charge in [-0.1, -0.05) is 0 Å². The maximum atomic E-state index is 13.6. The zero-order valence-electron chi connectivity index (χ0n) is 17.3. The van der Waals surface area contributed by atoms with Crippen LogP contribution in [-0.4, -0.2) is 42.0 Å². The summed E-state index contributed by atoms with van der Waals surface area (Å²) < 4.78 is 13.6. The second-order valence-electron chi connectivity index (χ2n) is 7.83. The minimum atomic E-state index is -0.432. The molecule has 0 saturated carbocycles. The molecule has 2 heterocycles. The molecule has 1 aliphatic rings. The Morgan fingerprint density at radius 1 is 1.10 bits per heavy atom. The second-order valence-corrected chi connectivity index (χ2v) is 7.83. The average Bonchev–Trinajstić information content (AvgIpc) is 2.78. The summed E-state index contributed by atoms with van der Waals surface area (Å²) in [4.78, 5) is 31.8. The Bertz CT molecular complexity index is 1220. The lowest BCUT2D eigenvalue weighted by Gasteiger charge is -2.36.